The number of rotatable bonds is 4. The lowest BCUT2D eigenvalue weighted by Gasteiger charge is -2.12. The van der Waals surface area contributed by atoms with E-state index in [0.29, 0.717) is 6.29 Å². The van der Waals surface area contributed by atoms with Crippen molar-refractivity contribution >= 4 is 18.9 Å². The van der Waals surface area contributed by atoms with E-state index in [-0.39, 0.29) is 17.3 Å². The van der Waals surface area contributed by atoms with E-state index in [1.165, 1.54) is 12.1 Å². The lowest BCUT2D eigenvalue weighted by atomic mass is 10.2. The van der Waals surface area contributed by atoms with Crippen LogP contribution in [0, 0.1) is 0 Å². The Morgan fingerprint density at radius 2 is 2.23 bits per heavy atom. The molecule has 5 heteroatoms. The lowest BCUT2D eigenvalue weighted by Crippen LogP contribution is -2.19. The van der Waals surface area contributed by atoms with E-state index in [1.54, 1.807) is 0 Å². The molecule has 0 fully saturated rings. The molecule has 0 saturated carbocycles. The van der Waals surface area contributed by atoms with Gasteiger partial charge in [-0.15, -0.1) is 0 Å². The maximum Gasteiger partial charge on any atom is 0.185 e. The molecule has 0 aliphatic carbocycles. The van der Waals surface area contributed by atoms with Gasteiger partial charge in [0.1, 0.15) is 11.9 Å². The number of aliphatic hydroxyl groups is 2. The van der Waals surface area contributed by atoms with Gasteiger partial charge in [0.15, 0.2) is 12.0 Å². The van der Waals surface area contributed by atoms with Crippen molar-refractivity contribution in [2.45, 2.75) is 12.2 Å². The summed E-state index contributed by atoms with van der Waals surface area (Å²) in [5.41, 5.74) is 0. The highest BCUT2D eigenvalue weighted by Gasteiger charge is 2.20. The highest BCUT2D eigenvalue weighted by molar-refractivity contribution is 7.80. The van der Waals surface area contributed by atoms with E-state index < -0.39 is 12.2 Å². The summed E-state index contributed by atoms with van der Waals surface area (Å²) in [6.45, 7) is 0. The number of hydrogen-bond donors (Lipinski definition) is 3. The van der Waals surface area contributed by atoms with Gasteiger partial charge in [-0.1, -0.05) is 0 Å². The molecule has 0 aliphatic heterocycles. The van der Waals surface area contributed by atoms with Crippen LogP contribution in [0.5, 0.6) is 0 Å². The summed E-state index contributed by atoms with van der Waals surface area (Å²) < 4.78 is 4.91. The molecule has 0 amide bonds. The molecule has 0 radical (unpaired) electrons. The quantitative estimate of drug-likeness (QED) is 0.488. The minimum atomic E-state index is -1.13. The Bertz CT molecular complexity index is 283. The van der Waals surface area contributed by atoms with E-state index >= 15 is 0 Å². The van der Waals surface area contributed by atoms with Crippen LogP contribution in [0.15, 0.2) is 16.5 Å². The lowest BCUT2D eigenvalue weighted by molar-refractivity contribution is 0.0195. The third kappa shape index (κ3) is 2.33. The molecule has 4 nitrogen and oxygen atoms in total. The van der Waals surface area contributed by atoms with Gasteiger partial charge in [0.05, 0.1) is 6.10 Å². The molecule has 0 aromatic carbocycles. The van der Waals surface area contributed by atoms with Crippen molar-refractivity contribution in [3.63, 3.8) is 0 Å². The molecule has 0 aliphatic rings. The Morgan fingerprint density at radius 1 is 1.54 bits per heavy atom. The zero-order valence-electron chi connectivity index (χ0n) is 6.75. The van der Waals surface area contributed by atoms with E-state index in [0.717, 1.165) is 0 Å². The molecular formula is C8H10O4S. The van der Waals surface area contributed by atoms with Crippen LogP contribution in [-0.2, 0) is 0 Å². The second kappa shape index (κ2) is 4.45. The minimum absolute atomic E-state index is 0.123. The largest absolute Gasteiger partial charge is 0.455 e. The van der Waals surface area contributed by atoms with Crippen molar-refractivity contribution in [3.8, 4) is 0 Å². The van der Waals surface area contributed by atoms with E-state index in [4.69, 9.17) is 4.42 Å². The average molecular weight is 202 g/mol. The van der Waals surface area contributed by atoms with Crippen molar-refractivity contribution in [1.82, 2.24) is 0 Å². The molecule has 2 atom stereocenters. The molecule has 13 heavy (non-hydrogen) atoms. The van der Waals surface area contributed by atoms with Crippen LogP contribution in [0.25, 0.3) is 0 Å². The fraction of sp³-hybridized carbons (Fsp3) is 0.375. The predicted octanol–water partition coefficient (Wildman–Crippen LogP) is 0.416. The Balaban J connectivity index is 2.76. The Labute approximate surface area is 80.6 Å². The minimum Gasteiger partial charge on any atom is -0.455 e. The topological polar surface area (TPSA) is 70.7 Å². The normalized spacial score (nSPS) is 15.3. The standard InChI is InChI=1S/C8H10O4S/c9-3-5-1-2-7(12-5)8(11)6(10)4-13/h1-3,6,8,10-11,13H,4H2. The molecule has 0 saturated heterocycles. The summed E-state index contributed by atoms with van der Waals surface area (Å²) >= 11 is 3.81. The van der Waals surface area contributed by atoms with Gasteiger partial charge in [0.25, 0.3) is 0 Å². The molecule has 1 aromatic heterocycles. The van der Waals surface area contributed by atoms with Crippen LogP contribution in [-0.4, -0.2) is 28.4 Å². The number of carbonyl (C=O) groups is 1. The number of aliphatic hydroxyl groups excluding tert-OH is 2. The zero-order valence-corrected chi connectivity index (χ0v) is 7.65. The predicted molar refractivity (Wildman–Crippen MR) is 48.9 cm³/mol. The fourth-order valence-electron chi connectivity index (χ4n) is 0.880. The van der Waals surface area contributed by atoms with Gasteiger partial charge in [0, 0.05) is 5.75 Å². The number of thiol groups is 1. The molecule has 1 aromatic rings. The molecule has 2 unspecified atom stereocenters. The zero-order chi connectivity index (χ0) is 9.84. The molecule has 1 heterocycles. The van der Waals surface area contributed by atoms with Crippen molar-refractivity contribution in [2.75, 3.05) is 5.75 Å². The summed E-state index contributed by atoms with van der Waals surface area (Å²) in [6.07, 6.45) is -1.59. The van der Waals surface area contributed by atoms with Crippen LogP contribution in [0.3, 0.4) is 0 Å². The summed E-state index contributed by atoms with van der Waals surface area (Å²) in [5, 5.41) is 18.6. The van der Waals surface area contributed by atoms with Gasteiger partial charge in [-0.05, 0) is 12.1 Å². The van der Waals surface area contributed by atoms with E-state index in [1.807, 2.05) is 0 Å². The number of aldehydes is 1. The summed E-state index contributed by atoms with van der Waals surface area (Å²) in [4.78, 5) is 10.2. The van der Waals surface area contributed by atoms with Gasteiger partial charge in [-0.3, -0.25) is 4.79 Å². The second-order valence-corrected chi connectivity index (χ2v) is 2.92. The Hall–Kier alpha value is -0.780. The molecule has 2 N–H and O–H groups in total. The van der Waals surface area contributed by atoms with Gasteiger partial charge < -0.3 is 14.6 Å². The number of carbonyl (C=O) groups excluding carboxylic acids is 1. The van der Waals surface area contributed by atoms with Crippen molar-refractivity contribution in [3.05, 3.63) is 23.7 Å². The second-order valence-electron chi connectivity index (χ2n) is 2.55. The van der Waals surface area contributed by atoms with Crippen LogP contribution in [0.2, 0.25) is 0 Å². The maximum absolute atomic E-state index is 10.2. The first-order valence-electron chi connectivity index (χ1n) is 3.71. The van der Waals surface area contributed by atoms with Crippen LogP contribution in [0.1, 0.15) is 22.4 Å². The SMILES string of the molecule is O=Cc1ccc(C(O)C(O)CS)o1. The Morgan fingerprint density at radius 3 is 2.69 bits per heavy atom. The molecule has 72 valence electrons. The first kappa shape index (κ1) is 10.3. The molecule has 0 bridgehead atoms. The highest BCUT2D eigenvalue weighted by atomic mass is 32.1. The third-order valence-corrected chi connectivity index (χ3v) is 1.98. The monoisotopic (exact) mass is 202 g/mol. The summed E-state index contributed by atoms with van der Waals surface area (Å²) in [5.74, 6) is 0.419. The molecule has 0 spiro atoms. The summed E-state index contributed by atoms with van der Waals surface area (Å²) in [7, 11) is 0. The van der Waals surface area contributed by atoms with E-state index in [2.05, 4.69) is 12.6 Å². The first-order valence-corrected chi connectivity index (χ1v) is 4.34. The number of furan rings is 1. The van der Waals surface area contributed by atoms with Crippen LogP contribution < -0.4 is 0 Å². The van der Waals surface area contributed by atoms with Crippen molar-refractivity contribution < 1.29 is 19.4 Å². The number of hydrogen-bond acceptors (Lipinski definition) is 5. The van der Waals surface area contributed by atoms with Crippen molar-refractivity contribution in [2.24, 2.45) is 0 Å². The Kier molecular flexibility index (Phi) is 3.53. The van der Waals surface area contributed by atoms with Crippen LogP contribution in [0.4, 0.5) is 0 Å². The van der Waals surface area contributed by atoms with Gasteiger partial charge in [0.2, 0.25) is 0 Å². The fourth-order valence-corrected chi connectivity index (χ4v) is 1.08. The summed E-state index contributed by atoms with van der Waals surface area (Å²) in [6, 6.07) is 2.87. The van der Waals surface area contributed by atoms with E-state index in [9.17, 15) is 15.0 Å². The van der Waals surface area contributed by atoms with Crippen LogP contribution >= 0.6 is 12.6 Å². The van der Waals surface area contributed by atoms with Gasteiger partial charge >= 0.3 is 0 Å². The highest BCUT2D eigenvalue weighted by Crippen LogP contribution is 2.19. The average Bonchev–Trinajstić information content (AvgIpc) is 2.63. The molecular weight excluding hydrogens is 192 g/mol. The smallest absolute Gasteiger partial charge is 0.185 e. The third-order valence-electron chi connectivity index (χ3n) is 1.61. The maximum atomic E-state index is 10.2. The van der Waals surface area contributed by atoms with Crippen molar-refractivity contribution in [1.29, 1.82) is 0 Å². The molecule has 1 rings (SSSR count). The van der Waals surface area contributed by atoms with Gasteiger partial charge in [-0.25, -0.2) is 0 Å². The first-order chi connectivity index (χ1) is 6.19. The van der Waals surface area contributed by atoms with Gasteiger partial charge in [-0.2, -0.15) is 12.6 Å².